The third-order valence-corrected chi connectivity index (χ3v) is 7.84. The molecule has 0 saturated carbocycles. The molecule has 0 amide bonds. The van der Waals surface area contributed by atoms with Crippen LogP contribution >= 0.6 is 15.9 Å². The Morgan fingerprint density at radius 3 is 2.60 bits per heavy atom. The average molecular weight is 465 g/mol. The quantitative estimate of drug-likeness (QED) is 0.491. The molecular weight excluding hydrogens is 436 g/mol. The van der Waals surface area contributed by atoms with Gasteiger partial charge < -0.3 is 9.88 Å². The van der Waals surface area contributed by atoms with E-state index in [0.29, 0.717) is 5.92 Å². The van der Waals surface area contributed by atoms with Gasteiger partial charge in [-0.05, 0) is 80.2 Å². The Labute approximate surface area is 187 Å². The number of hydrogen-bond donors (Lipinski definition) is 1. The van der Waals surface area contributed by atoms with E-state index in [4.69, 9.17) is 0 Å². The number of aromatic nitrogens is 1. The van der Waals surface area contributed by atoms with E-state index in [1.807, 2.05) is 6.07 Å². The normalized spacial score (nSPS) is 19.2. The second-order valence-corrected chi connectivity index (χ2v) is 10.5. The van der Waals surface area contributed by atoms with Gasteiger partial charge in [-0.25, -0.2) is 0 Å². The lowest BCUT2D eigenvalue weighted by Crippen LogP contribution is -2.32. The molecule has 2 aliphatic rings. The smallest absolute Gasteiger partial charge is 0.195 e. The Hall–Kier alpha value is -1.91. The highest BCUT2D eigenvalue weighted by Gasteiger charge is 2.40. The van der Waals surface area contributed by atoms with Gasteiger partial charge in [0.25, 0.3) is 0 Å². The summed E-state index contributed by atoms with van der Waals surface area (Å²) in [5.41, 5.74) is 7.56. The SMILES string of the molecule is CCc1cc2c(cc1C1CCN(C)CC1)C(C)(C)c1[nH]c3cc(Br)ccc3c1C2=O. The van der Waals surface area contributed by atoms with Crippen molar-refractivity contribution < 1.29 is 4.79 Å². The van der Waals surface area contributed by atoms with Crippen molar-refractivity contribution in [1.29, 1.82) is 0 Å². The van der Waals surface area contributed by atoms with Crippen LogP contribution in [0.15, 0.2) is 34.8 Å². The van der Waals surface area contributed by atoms with Gasteiger partial charge in [-0.2, -0.15) is 0 Å². The van der Waals surface area contributed by atoms with Crippen molar-refractivity contribution in [3.8, 4) is 0 Å². The predicted octanol–water partition coefficient (Wildman–Crippen LogP) is 6.17. The van der Waals surface area contributed by atoms with Crippen LogP contribution in [0.4, 0.5) is 0 Å². The number of H-pyrrole nitrogens is 1. The van der Waals surface area contributed by atoms with Gasteiger partial charge in [0.15, 0.2) is 5.78 Å². The number of likely N-dealkylation sites (tertiary alicyclic amines) is 1. The first-order valence-electron chi connectivity index (χ1n) is 11.0. The number of ketones is 1. The fraction of sp³-hybridized carbons (Fsp3) is 0.423. The zero-order chi connectivity index (χ0) is 21.2. The van der Waals surface area contributed by atoms with Crippen LogP contribution in [-0.4, -0.2) is 35.8 Å². The lowest BCUT2D eigenvalue weighted by molar-refractivity contribution is 0.103. The number of rotatable bonds is 2. The van der Waals surface area contributed by atoms with E-state index in [1.165, 1.54) is 29.5 Å². The molecule has 30 heavy (non-hydrogen) atoms. The summed E-state index contributed by atoms with van der Waals surface area (Å²) in [5, 5.41) is 1.02. The molecule has 1 fully saturated rings. The maximum atomic E-state index is 13.7. The minimum atomic E-state index is -0.240. The first-order valence-corrected chi connectivity index (χ1v) is 11.8. The number of hydrogen-bond acceptors (Lipinski definition) is 2. The molecule has 3 nitrogen and oxygen atoms in total. The molecule has 0 bridgehead atoms. The van der Waals surface area contributed by atoms with Gasteiger partial charge in [-0.1, -0.05) is 48.8 Å². The van der Waals surface area contributed by atoms with Crippen LogP contribution in [0, 0.1) is 0 Å². The van der Waals surface area contributed by atoms with E-state index in [9.17, 15) is 4.79 Å². The Morgan fingerprint density at radius 2 is 1.90 bits per heavy atom. The number of carbonyl (C=O) groups excluding carboxylic acids is 1. The third kappa shape index (κ3) is 2.91. The summed E-state index contributed by atoms with van der Waals surface area (Å²) in [7, 11) is 2.21. The molecule has 0 spiro atoms. The topological polar surface area (TPSA) is 36.1 Å². The van der Waals surface area contributed by atoms with E-state index in [2.05, 4.69) is 77.9 Å². The molecule has 1 aliphatic carbocycles. The Kier molecular flexibility index (Phi) is 4.71. The largest absolute Gasteiger partial charge is 0.357 e. The van der Waals surface area contributed by atoms with Gasteiger partial charge in [-0.15, -0.1) is 0 Å². The van der Waals surface area contributed by atoms with Crippen molar-refractivity contribution in [2.75, 3.05) is 20.1 Å². The standard InChI is InChI=1S/C26H29BrN2O/c1-5-15-12-20-21(14-19(15)16-8-10-29(4)11-9-16)26(2,3)25-23(24(20)30)18-7-6-17(27)13-22(18)28-25/h6-7,12-14,16,28H,5,8-11H2,1-4H3. The number of piperidine rings is 1. The number of halogens is 1. The molecule has 0 atom stereocenters. The molecule has 1 aliphatic heterocycles. The highest BCUT2D eigenvalue weighted by Crippen LogP contribution is 2.46. The summed E-state index contributed by atoms with van der Waals surface area (Å²) < 4.78 is 1.02. The molecule has 2 heterocycles. The fourth-order valence-electron chi connectivity index (χ4n) is 5.52. The molecule has 1 saturated heterocycles. The third-order valence-electron chi connectivity index (χ3n) is 7.35. The number of nitrogens with one attached hydrogen (secondary N) is 1. The maximum absolute atomic E-state index is 13.7. The van der Waals surface area contributed by atoms with Crippen molar-refractivity contribution in [1.82, 2.24) is 9.88 Å². The van der Waals surface area contributed by atoms with E-state index in [0.717, 1.165) is 51.7 Å². The molecule has 1 N–H and O–H groups in total. The highest BCUT2D eigenvalue weighted by atomic mass is 79.9. The van der Waals surface area contributed by atoms with Crippen molar-refractivity contribution in [3.63, 3.8) is 0 Å². The molecular formula is C26H29BrN2O. The molecule has 3 aromatic rings. The van der Waals surface area contributed by atoms with E-state index >= 15 is 0 Å². The minimum Gasteiger partial charge on any atom is -0.357 e. The Balaban J connectivity index is 1.70. The summed E-state index contributed by atoms with van der Waals surface area (Å²) in [5.74, 6) is 0.755. The van der Waals surface area contributed by atoms with Crippen LogP contribution in [0.5, 0.6) is 0 Å². The van der Waals surface area contributed by atoms with Gasteiger partial charge in [0, 0.05) is 32.0 Å². The van der Waals surface area contributed by atoms with E-state index in [-0.39, 0.29) is 11.2 Å². The van der Waals surface area contributed by atoms with Crippen molar-refractivity contribution in [3.05, 3.63) is 68.3 Å². The highest BCUT2D eigenvalue weighted by molar-refractivity contribution is 9.10. The summed E-state index contributed by atoms with van der Waals surface area (Å²) in [6.07, 6.45) is 3.36. The lowest BCUT2D eigenvalue weighted by atomic mass is 9.69. The molecule has 1 aromatic heterocycles. The van der Waals surface area contributed by atoms with Gasteiger partial charge in [0.2, 0.25) is 0 Å². The zero-order valence-corrected chi connectivity index (χ0v) is 19.8. The molecule has 156 valence electrons. The van der Waals surface area contributed by atoms with Crippen molar-refractivity contribution >= 4 is 32.6 Å². The van der Waals surface area contributed by atoms with Crippen LogP contribution in [0.3, 0.4) is 0 Å². The van der Waals surface area contributed by atoms with E-state index in [1.54, 1.807) is 0 Å². The first-order chi connectivity index (χ1) is 14.3. The number of fused-ring (bicyclic) bond motifs is 4. The maximum Gasteiger partial charge on any atom is 0.195 e. The van der Waals surface area contributed by atoms with Crippen LogP contribution < -0.4 is 0 Å². The molecule has 0 unspecified atom stereocenters. The summed E-state index contributed by atoms with van der Waals surface area (Å²) >= 11 is 3.57. The van der Waals surface area contributed by atoms with Crippen molar-refractivity contribution in [2.45, 2.75) is 51.4 Å². The number of aryl methyl sites for hydroxylation is 1. The summed E-state index contributed by atoms with van der Waals surface area (Å²) in [6.45, 7) is 9.02. The number of benzene rings is 2. The zero-order valence-electron chi connectivity index (χ0n) is 18.2. The Bertz CT molecular complexity index is 1170. The van der Waals surface area contributed by atoms with Gasteiger partial charge in [0.1, 0.15) is 0 Å². The lowest BCUT2D eigenvalue weighted by Gasteiger charge is -2.35. The Morgan fingerprint density at radius 1 is 1.17 bits per heavy atom. The molecule has 4 heteroatoms. The summed E-state index contributed by atoms with van der Waals surface area (Å²) in [6, 6.07) is 10.7. The first kappa shape index (κ1) is 20.0. The number of nitrogens with zero attached hydrogens (tertiary/aromatic N) is 1. The van der Waals surface area contributed by atoms with Crippen LogP contribution in [0.25, 0.3) is 10.9 Å². The number of carbonyl (C=O) groups is 1. The summed E-state index contributed by atoms with van der Waals surface area (Å²) in [4.78, 5) is 19.7. The van der Waals surface area contributed by atoms with E-state index < -0.39 is 0 Å². The van der Waals surface area contributed by atoms with Crippen LogP contribution in [-0.2, 0) is 11.8 Å². The van der Waals surface area contributed by atoms with Crippen molar-refractivity contribution in [2.24, 2.45) is 0 Å². The molecule has 2 aromatic carbocycles. The number of aromatic amines is 1. The monoisotopic (exact) mass is 464 g/mol. The van der Waals surface area contributed by atoms with Crippen LogP contribution in [0.2, 0.25) is 0 Å². The predicted molar refractivity (Wildman–Crippen MR) is 127 cm³/mol. The average Bonchev–Trinajstić information content (AvgIpc) is 3.12. The second-order valence-electron chi connectivity index (χ2n) is 9.55. The molecule has 5 rings (SSSR count). The van der Waals surface area contributed by atoms with Gasteiger partial charge in [0.05, 0.1) is 5.56 Å². The van der Waals surface area contributed by atoms with Gasteiger partial charge in [-0.3, -0.25) is 4.79 Å². The second kappa shape index (κ2) is 7.06. The van der Waals surface area contributed by atoms with Crippen LogP contribution in [0.1, 0.15) is 77.8 Å². The minimum absolute atomic E-state index is 0.164. The van der Waals surface area contributed by atoms with Gasteiger partial charge >= 0.3 is 0 Å². The molecule has 0 radical (unpaired) electrons. The fourth-order valence-corrected chi connectivity index (χ4v) is 5.88.